The van der Waals surface area contributed by atoms with E-state index in [-0.39, 0.29) is 6.04 Å². The minimum Gasteiger partial charge on any atom is -0.465 e. The van der Waals surface area contributed by atoms with Crippen molar-refractivity contribution in [1.82, 2.24) is 24.6 Å². The molecular weight excluding hydrogens is 438 g/mol. The molecule has 8 heteroatoms. The monoisotopic (exact) mass is 461 g/mol. The number of nitrogens with one attached hydrogen (secondary N) is 1. The van der Waals surface area contributed by atoms with Crippen LogP contribution in [0.4, 0.5) is 4.79 Å². The van der Waals surface area contributed by atoms with E-state index in [0.717, 1.165) is 56.7 Å². The van der Waals surface area contributed by atoms with Crippen molar-refractivity contribution in [3.8, 4) is 11.1 Å². The zero-order valence-electron chi connectivity index (χ0n) is 18.2. The highest BCUT2D eigenvalue weighted by atomic mass is 35.5. The number of hydrogen-bond acceptors (Lipinski definition) is 3. The summed E-state index contributed by atoms with van der Waals surface area (Å²) in [5.74, 6) is 0. The molecule has 1 aliphatic rings. The molecule has 168 valence electrons. The van der Waals surface area contributed by atoms with E-state index in [1.165, 1.54) is 4.90 Å². The Labute approximate surface area is 196 Å². The highest BCUT2D eigenvalue weighted by molar-refractivity contribution is 6.32. The fourth-order valence-electron chi connectivity index (χ4n) is 4.36. The Kier molecular flexibility index (Phi) is 5.64. The van der Waals surface area contributed by atoms with Gasteiger partial charge in [0.15, 0.2) is 0 Å². The number of aromatic amines is 1. The topological polar surface area (TPSA) is 87.0 Å². The quantitative estimate of drug-likeness (QED) is 0.397. The van der Waals surface area contributed by atoms with Crippen molar-refractivity contribution in [1.29, 1.82) is 0 Å². The van der Waals surface area contributed by atoms with Crippen LogP contribution >= 0.6 is 11.6 Å². The van der Waals surface area contributed by atoms with Crippen LogP contribution in [0.1, 0.15) is 35.6 Å². The second-order valence-electron chi connectivity index (χ2n) is 8.38. The van der Waals surface area contributed by atoms with Crippen LogP contribution in [0, 0.1) is 6.92 Å². The summed E-state index contributed by atoms with van der Waals surface area (Å²) in [7, 11) is 0. The number of halogens is 1. The van der Waals surface area contributed by atoms with Gasteiger partial charge in [0.05, 0.1) is 12.2 Å². The van der Waals surface area contributed by atoms with Crippen molar-refractivity contribution in [2.75, 3.05) is 13.1 Å². The predicted octanol–water partition coefficient (Wildman–Crippen LogP) is 5.87. The molecular formula is C25H24ClN5O2. The van der Waals surface area contributed by atoms with Gasteiger partial charge in [-0.05, 0) is 43.0 Å². The van der Waals surface area contributed by atoms with Gasteiger partial charge < -0.3 is 15.0 Å². The maximum Gasteiger partial charge on any atom is 0.407 e. The first-order chi connectivity index (χ1) is 16.0. The van der Waals surface area contributed by atoms with Crippen LogP contribution in [-0.2, 0) is 0 Å². The number of nitrogens with zero attached hydrogens (tertiary/aromatic N) is 4. The van der Waals surface area contributed by atoms with Gasteiger partial charge >= 0.3 is 6.09 Å². The number of aryl methyl sites for hydroxylation is 1. The van der Waals surface area contributed by atoms with Gasteiger partial charge in [0.25, 0.3) is 0 Å². The van der Waals surface area contributed by atoms with Gasteiger partial charge in [-0.1, -0.05) is 35.9 Å². The van der Waals surface area contributed by atoms with Crippen LogP contribution in [0.15, 0.2) is 49.1 Å². The normalized spacial score (nSPS) is 15.0. The van der Waals surface area contributed by atoms with Gasteiger partial charge in [-0.2, -0.15) is 5.10 Å². The lowest BCUT2D eigenvalue weighted by Crippen LogP contribution is -2.38. The van der Waals surface area contributed by atoms with E-state index < -0.39 is 6.09 Å². The van der Waals surface area contributed by atoms with Gasteiger partial charge in [-0.15, -0.1) is 0 Å². The molecule has 0 saturated carbocycles. The van der Waals surface area contributed by atoms with E-state index in [2.05, 4.69) is 27.2 Å². The van der Waals surface area contributed by atoms with E-state index in [1.807, 2.05) is 60.7 Å². The van der Waals surface area contributed by atoms with E-state index in [0.29, 0.717) is 13.1 Å². The summed E-state index contributed by atoms with van der Waals surface area (Å²) in [5, 5.41) is 15.5. The van der Waals surface area contributed by atoms with E-state index >= 15 is 0 Å². The van der Waals surface area contributed by atoms with Crippen molar-refractivity contribution < 1.29 is 9.90 Å². The number of likely N-dealkylation sites (tertiary alicyclic amines) is 1. The first-order valence-corrected chi connectivity index (χ1v) is 11.3. The molecule has 0 atom stereocenters. The lowest BCUT2D eigenvalue weighted by molar-refractivity contribution is 0.124. The first-order valence-electron chi connectivity index (χ1n) is 10.9. The third-order valence-corrected chi connectivity index (χ3v) is 6.64. The number of pyridine rings is 1. The molecule has 0 aliphatic carbocycles. The molecule has 0 unspecified atom stereocenters. The molecule has 0 bridgehead atoms. The molecule has 1 aliphatic heterocycles. The van der Waals surface area contributed by atoms with E-state index in [1.54, 1.807) is 0 Å². The maximum atomic E-state index is 11.1. The zero-order chi connectivity index (χ0) is 22.9. The molecule has 1 fully saturated rings. The fourth-order valence-corrected chi connectivity index (χ4v) is 4.64. The average molecular weight is 462 g/mol. The van der Waals surface area contributed by atoms with Crippen molar-refractivity contribution in [3.63, 3.8) is 0 Å². The number of fused-ring (bicyclic) bond motifs is 1. The fraction of sp³-hybridized carbons (Fsp3) is 0.240. The number of hydrogen-bond donors (Lipinski definition) is 2. The van der Waals surface area contributed by atoms with Gasteiger partial charge in [-0.3, -0.25) is 4.68 Å². The number of piperidine rings is 1. The Morgan fingerprint density at radius 2 is 2.03 bits per heavy atom. The molecule has 5 rings (SSSR count). The molecule has 7 nitrogen and oxygen atoms in total. The van der Waals surface area contributed by atoms with Crippen molar-refractivity contribution >= 4 is 40.9 Å². The van der Waals surface area contributed by atoms with Crippen LogP contribution < -0.4 is 0 Å². The molecule has 0 radical (unpaired) electrons. The highest BCUT2D eigenvalue weighted by Crippen LogP contribution is 2.29. The number of benzene rings is 1. The Hall–Kier alpha value is -3.58. The molecule has 4 aromatic rings. The van der Waals surface area contributed by atoms with Gasteiger partial charge in [0.2, 0.25) is 0 Å². The number of rotatable bonds is 4. The maximum absolute atomic E-state index is 11.1. The summed E-state index contributed by atoms with van der Waals surface area (Å²) >= 11 is 6.37. The largest absolute Gasteiger partial charge is 0.465 e. The lowest BCUT2D eigenvalue weighted by atomic mass is 10.1. The molecule has 0 spiro atoms. The number of amides is 1. The number of carboxylic acid groups (broad SMARTS) is 1. The average Bonchev–Trinajstić information content (AvgIpc) is 3.46. The Balaban J connectivity index is 1.39. The van der Waals surface area contributed by atoms with Crippen LogP contribution in [-0.4, -0.2) is 48.9 Å². The Morgan fingerprint density at radius 3 is 2.79 bits per heavy atom. The summed E-state index contributed by atoms with van der Waals surface area (Å²) in [5.41, 5.74) is 5.96. The van der Waals surface area contributed by atoms with E-state index in [4.69, 9.17) is 16.7 Å². The van der Waals surface area contributed by atoms with E-state index in [9.17, 15) is 4.79 Å². The summed E-state index contributed by atoms with van der Waals surface area (Å²) in [4.78, 5) is 20.4. The molecule has 1 saturated heterocycles. The summed E-state index contributed by atoms with van der Waals surface area (Å²) in [6.45, 7) is 3.11. The Morgan fingerprint density at radius 1 is 1.21 bits per heavy atom. The summed E-state index contributed by atoms with van der Waals surface area (Å²) in [6, 6.07) is 8.21. The summed E-state index contributed by atoms with van der Waals surface area (Å²) < 4.78 is 1.96. The van der Waals surface area contributed by atoms with Gasteiger partial charge in [0.1, 0.15) is 5.65 Å². The third kappa shape index (κ3) is 4.24. The third-order valence-electron chi connectivity index (χ3n) is 6.31. The van der Waals surface area contributed by atoms with Gasteiger partial charge in [0, 0.05) is 58.8 Å². The minimum absolute atomic E-state index is 0.204. The molecule has 2 N–H and O–H groups in total. The predicted molar refractivity (Wildman–Crippen MR) is 130 cm³/mol. The van der Waals surface area contributed by atoms with Crippen LogP contribution in [0.25, 0.3) is 34.3 Å². The lowest BCUT2D eigenvalue weighted by Gasteiger charge is -2.30. The molecule has 33 heavy (non-hydrogen) atoms. The second-order valence-corrected chi connectivity index (χ2v) is 8.78. The Bertz CT molecular complexity index is 1330. The number of aromatic nitrogens is 4. The zero-order valence-corrected chi connectivity index (χ0v) is 19.0. The molecule has 1 aromatic carbocycles. The van der Waals surface area contributed by atoms with Crippen molar-refractivity contribution in [2.24, 2.45) is 0 Å². The molecule has 4 heterocycles. The van der Waals surface area contributed by atoms with Crippen LogP contribution in [0.3, 0.4) is 0 Å². The first kappa shape index (κ1) is 21.3. The molecule has 1 amide bonds. The molecule has 3 aromatic heterocycles. The standard InChI is InChI=1S/C25H24ClN5O2/c1-16-3-2-4-23(26)21(16)6-5-17-12-27-24-22(17)11-18(13-28-24)19-14-29-31(15-19)20-7-9-30(10-8-20)25(32)33/h2-6,11-15,20H,7-10H2,1H3,(H,27,28)(H,32,33)/b6-5+. The smallest absolute Gasteiger partial charge is 0.407 e. The van der Waals surface area contributed by atoms with Crippen molar-refractivity contribution in [3.05, 3.63) is 70.8 Å². The summed E-state index contributed by atoms with van der Waals surface area (Å²) in [6.07, 6.45) is 12.4. The van der Waals surface area contributed by atoms with Crippen LogP contribution in [0.5, 0.6) is 0 Å². The second kappa shape index (κ2) is 8.75. The minimum atomic E-state index is -0.852. The number of carbonyl (C=O) groups is 1. The SMILES string of the molecule is Cc1cccc(Cl)c1/C=C/c1c[nH]c2ncc(-c3cnn(C4CCN(C(=O)O)CC4)c3)cc12. The number of H-pyrrole nitrogens is 1. The highest BCUT2D eigenvalue weighted by Gasteiger charge is 2.24. The van der Waals surface area contributed by atoms with Crippen molar-refractivity contribution in [2.45, 2.75) is 25.8 Å². The van der Waals surface area contributed by atoms with Crippen LogP contribution in [0.2, 0.25) is 5.02 Å². The van der Waals surface area contributed by atoms with Gasteiger partial charge in [-0.25, -0.2) is 9.78 Å².